The zero-order valence-electron chi connectivity index (χ0n) is 11.9. The summed E-state index contributed by atoms with van der Waals surface area (Å²) >= 11 is 11.5. The summed E-state index contributed by atoms with van der Waals surface area (Å²) in [7, 11) is 0. The fourth-order valence-corrected chi connectivity index (χ4v) is 2.66. The van der Waals surface area contributed by atoms with Crippen LogP contribution >= 0.6 is 23.8 Å². The van der Waals surface area contributed by atoms with Crippen LogP contribution in [0.4, 0.5) is 0 Å². The molecule has 0 unspecified atom stereocenters. The van der Waals surface area contributed by atoms with Gasteiger partial charge < -0.3 is 9.72 Å². The first-order valence-corrected chi connectivity index (χ1v) is 7.42. The van der Waals surface area contributed by atoms with Crippen molar-refractivity contribution in [2.24, 2.45) is 0 Å². The Kier molecular flexibility index (Phi) is 4.84. The van der Waals surface area contributed by atoms with Crippen molar-refractivity contribution in [2.45, 2.75) is 27.2 Å². The first-order chi connectivity index (χ1) is 9.52. The molecule has 0 saturated heterocycles. The number of benzene rings is 1. The van der Waals surface area contributed by atoms with Gasteiger partial charge in [0.15, 0.2) is 0 Å². The van der Waals surface area contributed by atoms with Gasteiger partial charge in [0.25, 0.3) is 0 Å². The zero-order valence-corrected chi connectivity index (χ0v) is 13.5. The number of aryl methyl sites for hydroxylation is 1. The number of hydrogen-bond donors (Lipinski definition) is 1. The van der Waals surface area contributed by atoms with Crippen molar-refractivity contribution in [1.82, 2.24) is 4.98 Å². The number of rotatable bonds is 4. The van der Waals surface area contributed by atoms with E-state index >= 15 is 0 Å². The Bertz CT molecular complexity index is 714. The van der Waals surface area contributed by atoms with E-state index in [-0.39, 0.29) is 0 Å². The van der Waals surface area contributed by atoms with Gasteiger partial charge in [-0.05, 0) is 51.0 Å². The number of nitrogens with one attached hydrogen (secondary N) is 1. The third kappa shape index (κ3) is 3.22. The molecule has 106 valence electrons. The number of H-pyrrole nitrogens is 1. The van der Waals surface area contributed by atoms with Crippen LogP contribution in [0, 0.1) is 11.4 Å². The van der Waals surface area contributed by atoms with E-state index in [4.69, 9.17) is 28.6 Å². The first-order valence-electron chi connectivity index (χ1n) is 6.63. The molecule has 0 atom stereocenters. The van der Waals surface area contributed by atoms with Crippen LogP contribution in [0.3, 0.4) is 0 Å². The molecule has 1 aromatic heterocycles. The SMILES string of the molecule is CCOc1ccc2[nH]c(C)c(C/C=C(/C)Cl)c(=S)c2c1. The Morgan fingerprint density at radius 3 is 2.85 bits per heavy atom. The van der Waals surface area contributed by atoms with E-state index in [0.29, 0.717) is 6.61 Å². The third-order valence-corrected chi connectivity index (χ3v) is 3.80. The van der Waals surface area contributed by atoms with Gasteiger partial charge >= 0.3 is 0 Å². The Labute approximate surface area is 129 Å². The molecule has 1 N–H and O–H groups in total. The van der Waals surface area contributed by atoms with Crippen molar-refractivity contribution in [3.8, 4) is 5.75 Å². The molecule has 1 aromatic carbocycles. The van der Waals surface area contributed by atoms with Crippen LogP contribution in [0.5, 0.6) is 5.75 Å². The minimum atomic E-state index is 0.648. The number of halogens is 1. The Morgan fingerprint density at radius 1 is 1.45 bits per heavy atom. The number of hydrogen-bond acceptors (Lipinski definition) is 2. The van der Waals surface area contributed by atoms with Crippen molar-refractivity contribution in [3.05, 3.63) is 45.1 Å². The quantitative estimate of drug-likeness (QED) is 0.776. The van der Waals surface area contributed by atoms with E-state index in [1.807, 2.05) is 45.0 Å². The largest absolute Gasteiger partial charge is 0.494 e. The monoisotopic (exact) mass is 307 g/mol. The van der Waals surface area contributed by atoms with E-state index in [9.17, 15) is 0 Å². The molecule has 2 nitrogen and oxygen atoms in total. The van der Waals surface area contributed by atoms with Crippen LogP contribution in [0.15, 0.2) is 29.3 Å². The van der Waals surface area contributed by atoms with Gasteiger partial charge in [-0.25, -0.2) is 0 Å². The lowest BCUT2D eigenvalue weighted by Crippen LogP contribution is -1.96. The Hall–Kier alpha value is -1.32. The van der Waals surface area contributed by atoms with Crippen molar-refractivity contribution in [1.29, 1.82) is 0 Å². The average molecular weight is 308 g/mol. The molecule has 0 spiro atoms. The fraction of sp³-hybridized carbons (Fsp3) is 0.312. The Balaban J connectivity index is 2.59. The Morgan fingerprint density at radius 2 is 2.20 bits per heavy atom. The number of pyridine rings is 1. The van der Waals surface area contributed by atoms with Crippen molar-refractivity contribution < 1.29 is 4.74 Å². The predicted molar refractivity (Wildman–Crippen MR) is 88.4 cm³/mol. The highest BCUT2D eigenvalue weighted by atomic mass is 35.5. The van der Waals surface area contributed by atoms with E-state index in [2.05, 4.69) is 4.98 Å². The summed E-state index contributed by atoms with van der Waals surface area (Å²) in [5.41, 5.74) is 3.23. The smallest absolute Gasteiger partial charge is 0.120 e. The van der Waals surface area contributed by atoms with Crippen LogP contribution in [0.2, 0.25) is 0 Å². The molecule has 0 aliphatic rings. The van der Waals surface area contributed by atoms with E-state index < -0.39 is 0 Å². The van der Waals surface area contributed by atoms with Gasteiger partial charge in [-0.3, -0.25) is 0 Å². The highest BCUT2D eigenvalue weighted by Crippen LogP contribution is 2.25. The van der Waals surface area contributed by atoms with Crippen LogP contribution < -0.4 is 4.74 Å². The molecular weight excluding hydrogens is 290 g/mol. The van der Waals surface area contributed by atoms with E-state index in [1.54, 1.807) is 0 Å². The van der Waals surface area contributed by atoms with Gasteiger partial charge in [0, 0.05) is 21.6 Å². The molecule has 0 radical (unpaired) electrons. The summed E-state index contributed by atoms with van der Waals surface area (Å²) < 4.78 is 6.41. The van der Waals surface area contributed by atoms with Gasteiger partial charge in [-0.15, -0.1) is 0 Å². The van der Waals surface area contributed by atoms with Gasteiger partial charge in [-0.1, -0.05) is 29.9 Å². The second kappa shape index (κ2) is 6.42. The number of aromatic amines is 1. The maximum atomic E-state index is 5.91. The van der Waals surface area contributed by atoms with Gasteiger partial charge in [-0.2, -0.15) is 0 Å². The topological polar surface area (TPSA) is 25.0 Å². The number of aromatic nitrogens is 1. The van der Waals surface area contributed by atoms with Crippen LogP contribution in [0.25, 0.3) is 10.9 Å². The van der Waals surface area contributed by atoms with Crippen LogP contribution in [0.1, 0.15) is 25.1 Å². The molecule has 2 rings (SSSR count). The lowest BCUT2D eigenvalue weighted by molar-refractivity contribution is 0.340. The van der Waals surface area contributed by atoms with Gasteiger partial charge in [0.2, 0.25) is 0 Å². The molecule has 0 amide bonds. The lowest BCUT2D eigenvalue weighted by atomic mass is 10.1. The molecule has 0 saturated carbocycles. The van der Waals surface area contributed by atoms with Gasteiger partial charge in [0.05, 0.1) is 11.1 Å². The molecule has 4 heteroatoms. The molecule has 0 bridgehead atoms. The second-order valence-electron chi connectivity index (χ2n) is 4.69. The minimum Gasteiger partial charge on any atom is -0.494 e. The fourth-order valence-electron chi connectivity index (χ4n) is 2.18. The maximum absolute atomic E-state index is 5.91. The molecule has 20 heavy (non-hydrogen) atoms. The first kappa shape index (κ1) is 15.1. The summed E-state index contributed by atoms with van der Waals surface area (Å²) in [5.74, 6) is 0.846. The van der Waals surface area contributed by atoms with E-state index in [1.165, 1.54) is 0 Å². The standard InChI is InChI=1S/C16H18ClNOS/c1-4-19-12-6-8-15-14(9-12)16(20)13(11(3)18-15)7-5-10(2)17/h5-6,8-9H,4,7H2,1-3H3,(H,18,20)/b10-5-. The maximum Gasteiger partial charge on any atom is 0.120 e. The highest BCUT2D eigenvalue weighted by Gasteiger charge is 2.07. The van der Waals surface area contributed by atoms with Crippen molar-refractivity contribution in [3.63, 3.8) is 0 Å². The minimum absolute atomic E-state index is 0.648. The van der Waals surface area contributed by atoms with E-state index in [0.717, 1.165) is 43.9 Å². The lowest BCUT2D eigenvalue weighted by Gasteiger charge is -2.10. The second-order valence-corrected chi connectivity index (χ2v) is 5.70. The summed E-state index contributed by atoms with van der Waals surface area (Å²) in [6.07, 6.45) is 2.72. The van der Waals surface area contributed by atoms with Crippen LogP contribution in [-0.4, -0.2) is 11.6 Å². The van der Waals surface area contributed by atoms with Crippen LogP contribution in [-0.2, 0) is 6.42 Å². The molecular formula is C16H18ClNOS. The molecule has 2 aromatic rings. The van der Waals surface area contributed by atoms with Crippen molar-refractivity contribution in [2.75, 3.05) is 6.61 Å². The van der Waals surface area contributed by atoms with Gasteiger partial charge in [0.1, 0.15) is 5.75 Å². The average Bonchev–Trinajstić information content (AvgIpc) is 2.39. The predicted octanol–water partition coefficient (Wildman–Crippen LogP) is 5.29. The summed E-state index contributed by atoms with van der Waals surface area (Å²) in [4.78, 5) is 3.40. The highest BCUT2D eigenvalue weighted by molar-refractivity contribution is 7.71. The number of ether oxygens (including phenoxy) is 1. The number of allylic oxidation sites excluding steroid dienone is 2. The molecule has 0 aliphatic carbocycles. The summed E-state index contributed by atoms with van der Waals surface area (Å²) in [6.45, 7) is 6.53. The summed E-state index contributed by atoms with van der Waals surface area (Å²) in [6, 6.07) is 5.96. The third-order valence-electron chi connectivity index (χ3n) is 3.18. The molecule has 1 heterocycles. The summed E-state index contributed by atoms with van der Waals surface area (Å²) in [5, 5.41) is 1.80. The molecule has 0 aliphatic heterocycles. The number of fused-ring (bicyclic) bond motifs is 1. The van der Waals surface area contributed by atoms with Crippen molar-refractivity contribution >= 4 is 34.7 Å². The zero-order chi connectivity index (χ0) is 14.7. The molecule has 0 fully saturated rings. The normalized spacial score (nSPS) is 11.9.